The summed E-state index contributed by atoms with van der Waals surface area (Å²) < 4.78 is 10.4. The van der Waals surface area contributed by atoms with E-state index in [0.717, 1.165) is 19.6 Å². The summed E-state index contributed by atoms with van der Waals surface area (Å²) in [5.41, 5.74) is 1.21. The second-order valence-corrected chi connectivity index (χ2v) is 5.11. The molecule has 0 bridgehead atoms. The fourth-order valence-corrected chi connectivity index (χ4v) is 2.77. The smallest absolute Gasteiger partial charge is 0.0951 e. The highest BCUT2D eigenvalue weighted by molar-refractivity contribution is 7.09. The van der Waals surface area contributed by atoms with Gasteiger partial charge in [0.2, 0.25) is 0 Å². The summed E-state index contributed by atoms with van der Waals surface area (Å²) in [7, 11) is 1.69. The Morgan fingerprint density at radius 2 is 2.41 bits per heavy atom. The monoisotopic (exact) mass is 256 g/mol. The Morgan fingerprint density at radius 3 is 3.18 bits per heavy atom. The van der Waals surface area contributed by atoms with Crippen LogP contribution in [0.1, 0.15) is 29.6 Å². The molecule has 0 unspecified atom stereocenters. The van der Waals surface area contributed by atoms with Crippen LogP contribution in [0.5, 0.6) is 0 Å². The van der Waals surface area contributed by atoms with Crippen LogP contribution in [-0.4, -0.2) is 38.5 Å². The van der Waals surface area contributed by atoms with Gasteiger partial charge in [-0.3, -0.25) is 0 Å². The minimum atomic E-state index is 0.481. The lowest BCUT2D eigenvalue weighted by molar-refractivity contribution is 0.0722. The topological polar surface area (TPSA) is 43.4 Å². The van der Waals surface area contributed by atoms with Crippen molar-refractivity contribution < 1.29 is 9.47 Å². The van der Waals surface area contributed by atoms with Gasteiger partial charge >= 0.3 is 0 Å². The summed E-state index contributed by atoms with van der Waals surface area (Å²) in [4.78, 5) is 4.65. The number of hydrogen-bond donors (Lipinski definition) is 1. The lowest BCUT2D eigenvalue weighted by Gasteiger charge is -2.05. The van der Waals surface area contributed by atoms with Gasteiger partial charge in [0, 0.05) is 18.9 Å². The van der Waals surface area contributed by atoms with Crippen LogP contribution in [0.3, 0.4) is 0 Å². The zero-order valence-electron chi connectivity index (χ0n) is 10.3. The summed E-state index contributed by atoms with van der Waals surface area (Å²) in [6.07, 6.45) is 3.38. The molecule has 1 fully saturated rings. The van der Waals surface area contributed by atoms with Gasteiger partial charge < -0.3 is 14.8 Å². The molecular weight excluding hydrogens is 236 g/mol. The maximum Gasteiger partial charge on any atom is 0.0951 e. The molecule has 0 amide bonds. The van der Waals surface area contributed by atoms with Crippen molar-refractivity contribution in [3.63, 3.8) is 0 Å². The van der Waals surface area contributed by atoms with Gasteiger partial charge in [0.25, 0.3) is 0 Å². The fraction of sp³-hybridized carbons (Fsp3) is 0.750. The van der Waals surface area contributed by atoms with Crippen LogP contribution in [0.2, 0.25) is 0 Å². The van der Waals surface area contributed by atoms with E-state index in [-0.39, 0.29) is 0 Å². The molecule has 1 aromatic rings. The van der Waals surface area contributed by atoms with Crippen molar-refractivity contribution >= 4 is 11.3 Å². The first-order valence-electron chi connectivity index (χ1n) is 6.14. The van der Waals surface area contributed by atoms with E-state index in [1.807, 2.05) is 0 Å². The average molecular weight is 256 g/mol. The highest BCUT2D eigenvalue weighted by Gasteiger charge is 2.18. The molecule has 0 aliphatic carbocycles. The van der Waals surface area contributed by atoms with Crippen LogP contribution in [0.15, 0.2) is 5.38 Å². The number of aromatic nitrogens is 1. The van der Waals surface area contributed by atoms with Gasteiger partial charge in [-0.25, -0.2) is 4.98 Å². The number of rotatable bonds is 7. The molecule has 5 heteroatoms. The summed E-state index contributed by atoms with van der Waals surface area (Å²) in [5.74, 6) is 0. The van der Waals surface area contributed by atoms with Crippen molar-refractivity contribution in [2.24, 2.45) is 0 Å². The highest BCUT2D eigenvalue weighted by atomic mass is 32.1. The van der Waals surface area contributed by atoms with Crippen LogP contribution in [0.4, 0.5) is 0 Å². The van der Waals surface area contributed by atoms with Crippen LogP contribution in [-0.2, 0) is 15.9 Å². The van der Waals surface area contributed by atoms with Crippen molar-refractivity contribution in [3.05, 3.63) is 16.1 Å². The van der Waals surface area contributed by atoms with Gasteiger partial charge in [0.15, 0.2) is 0 Å². The summed E-state index contributed by atoms with van der Waals surface area (Å²) in [6.45, 7) is 3.18. The highest BCUT2D eigenvalue weighted by Crippen LogP contribution is 2.24. The van der Waals surface area contributed by atoms with Crippen molar-refractivity contribution in [1.29, 1.82) is 0 Å². The predicted octanol–water partition coefficient (Wildman–Crippen LogP) is 1.77. The largest absolute Gasteiger partial charge is 0.382 e. The minimum Gasteiger partial charge on any atom is -0.382 e. The van der Waals surface area contributed by atoms with Gasteiger partial charge in [-0.2, -0.15) is 0 Å². The maximum atomic E-state index is 5.44. The van der Waals surface area contributed by atoms with E-state index in [9.17, 15) is 0 Å². The van der Waals surface area contributed by atoms with Crippen LogP contribution in [0, 0.1) is 0 Å². The Morgan fingerprint density at radius 1 is 1.47 bits per heavy atom. The molecule has 2 heterocycles. The number of hydrogen-bond acceptors (Lipinski definition) is 5. The molecule has 0 spiro atoms. The Bertz CT molecular complexity index is 324. The standard InChI is InChI=1S/C12H20N2O2S/c1-15-7-8-16-6-4-12-14-11(9-17-12)10-3-2-5-13-10/h9-10,13H,2-8H2,1H3/t10-/m0/s1. The zero-order chi connectivity index (χ0) is 11.9. The average Bonchev–Trinajstić information content (AvgIpc) is 2.99. The molecule has 0 aromatic carbocycles. The number of nitrogens with one attached hydrogen (secondary N) is 1. The van der Waals surface area contributed by atoms with E-state index in [1.54, 1.807) is 18.4 Å². The molecule has 0 radical (unpaired) electrons. The van der Waals surface area contributed by atoms with E-state index in [4.69, 9.17) is 9.47 Å². The van der Waals surface area contributed by atoms with Gasteiger partial charge in [-0.1, -0.05) is 0 Å². The van der Waals surface area contributed by atoms with E-state index < -0.39 is 0 Å². The SMILES string of the molecule is COCCOCCc1nc([C@@H]2CCCN2)cs1. The second kappa shape index (κ2) is 7.06. The van der Waals surface area contributed by atoms with Crippen molar-refractivity contribution in [2.45, 2.75) is 25.3 Å². The first kappa shape index (κ1) is 13.0. The molecule has 96 valence electrons. The van der Waals surface area contributed by atoms with Crippen molar-refractivity contribution in [1.82, 2.24) is 10.3 Å². The molecule has 17 heavy (non-hydrogen) atoms. The number of ether oxygens (including phenoxy) is 2. The van der Waals surface area contributed by atoms with E-state index in [0.29, 0.717) is 19.3 Å². The fourth-order valence-electron chi connectivity index (χ4n) is 1.94. The Balaban J connectivity index is 1.70. The Kier molecular flexibility index (Phi) is 5.38. The number of thiazole rings is 1. The molecule has 1 aromatic heterocycles. The van der Waals surface area contributed by atoms with Gasteiger partial charge in [0.05, 0.1) is 36.6 Å². The van der Waals surface area contributed by atoms with Crippen LogP contribution >= 0.6 is 11.3 Å². The maximum absolute atomic E-state index is 5.44. The van der Waals surface area contributed by atoms with E-state index >= 15 is 0 Å². The molecule has 1 aliphatic rings. The zero-order valence-corrected chi connectivity index (χ0v) is 11.1. The summed E-state index contributed by atoms with van der Waals surface area (Å²) in [5, 5.41) is 6.81. The molecule has 2 rings (SSSR count). The molecule has 0 saturated carbocycles. The summed E-state index contributed by atoms with van der Waals surface area (Å²) in [6, 6.07) is 0.481. The minimum absolute atomic E-state index is 0.481. The van der Waals surface area contributed by atoms with Gasteiger partial charge in [0.1, 0.15) is 0 Å². The summed E-state index contributed by atoms with van der Waals surface area (Å²) >= 11 is 1.74. The van der Waals surface area contributed by atoms with E-state index in [1.165, 1.54) is 23.5 Å². The van der Waals surface area contributed by atoms with Gasteiger partial charge in [-0.05, 0) is 19.4 Å². The second-order valence-electron chi connectivity index (χ2n) is 4.17. The molecular formula is C12H20N2O2S. The molecule has 1 atom stereocenters. The van der Waals surface area contributed by atoms with Crippen LogP contribution in [0.25, 0.3) is 0 Å². The lowest BCUT2D eigenvalue weighted by Crippen LogP contribution is -2.13. The normalized spacial score (nSPS) is 19.9. The number of nitrogens with zero attached hydrogens (tertiary/aromatic N) is 1. The van der Waals surface area contributed by atoms with Crippen molar-refractivity contribution in [3.8, 4) is 0 Å². The van der Waals surface area contributed by atoms with Crippen molar-refractivity contribution in [2.75, 3.05) is 33.5 Å². The Labute approximate surface area is 106 Å². The molecule has 1 saturated heterocycles. The molecule has 4 nitrogen and oxygen atoms in total. The lowest BCUT2D eigenvalue weighted by atomic mass is 10.2. The van der Waals surface area contributed by atoms with E-state index in [2.05, 4.69) is 15.7 Å². The molecule has 1 aliphatic heterocycles. The third-order valence-corrected chi connectivity index (χ3v) is 3.81. The third-order valence-electron chi connectivity index (χ3n) is 2.88. The number of methoxy groups -OCH3 is 1. The Hall–Kier alpha value is -0.490. The third kappa shape index (κ3) is 4.03. The van der Waals surface area contributed by atoms with Crippen LogP contribution < -0.4 is 5.32 Å². The first-order chi connectivity index (χ1) is 8.40. The molecule has 1 N–H and O–H groups in total. The van der Waals surface area contributed by atoms with Gasteiger partial charge in [-0.15, -0.1) is 11.3 Å². The first-order valence-corrected chi connectivity index (χ1v) is 7.02. The predicted molar refractivity (Wildman–Crippen MR) is 68.5 cm³/mol. The quantitative estimate of drug-likeness (QED) is 0.755.